The highest BCUT2D eigenvalue weighted by Crippen LogP contribution is 2.29. The maximum absolute atomic E-state index is 12.5. The smallest absolute Gasteiger partial charge is 0.339 e. The molecule has 0 atom stereocenters. The third-order valence-corrected chi connectivity index (χ3v) is 3.90. The molecule has 8 heteroatoms. The highest BCUT2D eigenvalue weighted by Gasteiger charge is 2.30. The molecule has 1 saturated heterocycles. The summed E-state index contributed by atoms with van der Waals surface area (Å²) in [5.41, 5.74) is -0.268. The first kappa shape index (κ1) is 18.3. The Bertz CT molecular complexity index is 581. The highest BCUT2D eigenvalue weighted by molar-refractivity contribution is 5.85. The van der Waals surface area contributed by atoms with Crippen LogP contribution in [0.4, 0.5) is 13.2 Å². The van der Waals surface area contributed by atoms with Crippen molar-refractivity contribution >= 4 is 11.8 Å². The van der Waals surface area contributed by atoms with Gasteiger partial charge in [0.15, 0.2) is 0 Å². The van der Waals surface area contributed by atoms with Gasteiger partial charge in [0.1, 0.15) is 0 Å². The number of hydrogen-bond acceptors (Lipinski definition) is 3. The lowest BCUT2D eigenvalue weighted by molar-refractivity contribution is -0.139. The van der Waals surface area contributed by atoms with Gasteiger partial charge in [-0.3, -0.25) is 9.59 Å². The van der Waals surface area contributed by atoms with E-state index in [2.05, 4.69) is 5.32 Å². The zero-order chi connectivity index (χ0) is 17.7. The lowest BCUT2D eigenvalue weighted by Gasteiger charge is -2.29. The summed E-state index contributed by atoms with van der Waals surface area (Å²) >= 11 is 0. The first-order valence-corrected chi connectivity index (χ1v) is 7.66. The van der Waals surface area contributed by atoms with E-state index in [9.17, 15) is 22.8 Å². The number of halogens is 3. The van der Waals surface area contributed by atoms with Gasteiger partial charge < -0.3 is 15.1 Å². The average molecular weight is 343 g/mol. The normalized spacial score (nSPS) is 15.2. The van der Waals surface area contributed by atoms with Crippen LogP contribution in [0.25, 0.3) is 0 Å². The van der Waals surface area contributed by atoms with E-state index in [0.29, 0.717) is 18.7 Å². The summed E-state index contributed by atoms with van der Waals surface area (Å²) in [6.07, 6.45) is -4.43. The van der Waals surface area contributed by atoms with E-state index >= 15 is 0 Å². The Morgan fingerprint density at radius 3 is 2.29 bits per heavy atom. The zero-order valence-electron chi connectivity index (χ0n) is 13.4. The number of nitrogens with zero attached hydrogens (tertiary/aromatic N) is 2. The Kier molecular flexibility index (Phi) is 5.82. The van der Waals surface area contributed by atoms with Crippen molar-refractivity contribution < 1.29 is 22.8 Å². The van der Waals surface area contributed by atoms with E-state index in [1.807, 2.05) is 0 Å². The summed E-state index contributed by atoms with van der Waals surface area (Å²) in [7, 11) is 1.52. The SMILES string of the molecule is CN(CC(=O)N1CCNCC1)C(=O)Cc1ccc(C(F)(F)F)cc1. The van der Waals surface area contributed by atoms with Crippen LogP contribution in [0.5, 0.6) is 0 Å². The molecule has 0 unspecified atom stereocenters. The fraction of sp³-hybridized carbons (Fsp3) is 0.500. The van der Waals surface area contributed by atoms with Crippen LogP contribution in [0.3, 0.4) is 0 Å². The van der Waals surface area contributed by atoms with Gasteiger partial charge in [-0.25, -0.2) is 0 Å². The zero-order valence-corrected chi connectivity index (χ0v) is 13.4. The number of carbonyl (C=O) groups excluding carboxylic acids is 2. The van der Waals surface area contributed by atoms with E-state index in [1.54, 1.807) is 4.90 Å². The van der Waals surface area contributed by atoms with Gasteiger partial charge in [0.05, 0.1) is 18.5 Å². The fourth-order valence-corrected chi connectivity index (χ4v) is 2.43. The number of carbonyl (C=O) groups is 2. The summed E-state index contributed by atoms with van der Waals surface area (Å²) in [6, 6.07) is 4.47. The summed E-state index contributed by atoms with van der Waals surface area (Å²) in [5, 5.41) is 3.14. The predicted molar refractivity (Wildman–Crippen MR) is 82.2 cm³/mol. The van der Waals surface area contributed by atoms with Crippen molar-refractivity contribution in [3.8, 4) is 0 Å². The largest absolute Gasteiger partial charge is 0.416 e. The molecular weight excluding hydrogens is 323 g/mol. The third-order valence-electron chi connectivity index (χ3n) is 3.90. The van der Waals surface area contributed by atoms with Crippen LogP contribution in [0.2, 0.25) is 0 Å². The van der Waals surface area contributed by atoms with Crippen LogP contribution in [0.15, 0.2) is 24.3 Å². The van der Waals surface area contributed by atoms with Gasteiger partial charge in [0.2, 0.25) is 11.8 Å². The van der Waals surface area contributed by atoms with Crippen molar-refractivity contribution in [1.29, 1.82) is 0 Å². The molecule has 1 heterocycles. The molecule has 1 aromatic carbocycles. The van der Waals surface area contributed by atoms with Gasteiger partial charge in [-0.15, -0.1) is 0 Å². The maximum Gasteiger partial charge on any atom is 0.416 e. The van der Waals surface area contributed by atoms with Crippen LogP contribution < -0.4 is 5.32 Å². The van der Waals surface area contributed by atoms with Crippen LogP contribution in [-0.4, -0.2) is 61.4 Å². The number of benzene rings is 1. The van der Waals surface area contributed by atoms with Gasteiger partial charge >= 0.3 is 6.18 Å². The van der Waals surface area contributed by atoms with Crippen molar-refractivity contribution in [2.45, 2.75) is 12.6 Å². The Labute approximate surface area is 138 Å². The molecule has 1 N–H and O–H groups in total. The van der Waals surface area contributed by atoms with Gasteiger partial charge in [-0.1, -0.05) is 12.1 Å². The first-order chi connectivity index (χ1) is 11.3. The topological polar surface area (TPSA) is 52.7 Å². The number of hydrogen-bond donors (Lipinski definition) is 1. The van der Waals surface area contributed by atoms with E-state index in [4.69, 9.17) is 0 Å². The van der Waals surface area contributed by atoms with Gasteiger partial charge in [-0.2, -0.15) is 13.2 Å². The molecule has 1 aromatic rings. The Balaban J connectivity index is 1.88. The summed E-state index contributed by atoms with van der Waals surface area (Å²) in [6.45, 7) is 2.66. The second-order valence-corrected chi connectivity index (χ2v) is 5.75. The van der Waals surface area contributed by atoms with Crippen molar-refractivity contribution in [2.24, 2.45) is 0 Å². The molecule has 5 nitrogen and oxygen atoms in total. The Morgan fingerprint density at radius 1 is 1.17 bits per heavy atom. The standard InChI is InChI=1S/C16H20F3N3O2/c1-21(11-15(24)22-8-6-20-7-9-22)14(23)10-12-2-4-13(5-3-12)16(17,18)19/h2-5,20H,6-11H2,1H3. The molecule has 0 spiro atoms. The second-order valence-electron chi connectivity index (χ2n) is 5.75. The molecule has 1 fully saturated rings. The summed E-state index contributed by atoms with van der Waals surface area (Å²) in [4.78, 5) is 27.2. The summed E-state index contributed by atoms with van der Waals surface area (Å²) < 4.78 is 37.5. The quantitative estimate of drug-likeness (QED) is 0.892. The molecule has 1 aliphatic rings. The van der Waals surface area contributed by atoms with E-state index in [0.717, 1.165) is 25.2 Å². The lowest BCUT2D eigenvalue weighted by Crippen LogP contribution is -2.49. The molecule has 132 valence electrons. The monoisotopic (exact) mass is 343 g/mol. The molecule has 24 heavy (non-hydrogen) atoms. The average Bonchev–Trinajstić information content (AvgIpc) is 2.55. The van der Waals surface area contributed by atoms with E-state index in [-0.39, 0.29) is 24.8 Å². The molecule has 0 aliphatic carbocycles. The molecule has 1 aliphatic heterocycles. The molecule has 0 bridgehead atoms. The molecule has 2 rings (SSSR count). The number of nitrogens with one attached hydrogen (secondary N) is 1. The number of amides is 2. The van der Waals surface area contributed by atoms with Gasteiger partial charge in [-0.05, 0) is 17.7 Å². The molecule has 0 aromatic heterocycles. The van der Waals surface area contributed by atoms with Crippen molar-refractivity contribution in [2.75, 3.05) is 39.8 Å². The first-order valence-electron chi connectivity index (χ1n) is 7.66. The number of piperazine rings is 1. The molecule has 0 radical (unpaired) electrons. The minimum Gasteiger partial charge on any atom is -0.339 e. The van der Waals surface area contributed by atoms with Crippen molar-refractivity contribution in [1.82, 2.24) is 15.1 Å². The Morgan fingerprint density at radius 2 is 1.75 bits per heavy atom. The number of alkyl halides is 3. The lowest BCUT2D eigenvalue weighted by atomic mass is 10.1. The summed E-state index contributed by atoms with van der Waals surface area (Å²) in [5.74, 6) is -0.432. The van der Waals surface area contributed by atoms with E-state index < -0.39 is 11.7 Å². The van der Waals surface area contributed by atoms with Crippen LogP contribution in [-0.2, 0) is 22.2 Å². The molecular formula is C16H20F3N3O2. The second kappa shape index (κ2) is 7.65. The van der Waals surface area contributed by atoms with Crippen LogP contribution >= 0.6 is 0 Å². The third kappa shape index (κ3) is 4.95. The molecule has 0 saturated carbocycles. The highest BCUT2D eigenvalue weighted by atomic mass is 19.4. The predicted octanol–water partition coefficient (Wildman–Crippen LogP) is 1.14. The number of rotatable bonds is 4. The Hall–Kier alpha value is -2.09. The van der Waals surface area contributed by atoms with Crippen LogP contribution in [0, 0.1) is 0 Å². The molecule has 2 amide bonds. The van der Waals surface area contributed by atoms with Crippen LogP contribution in [0.1, 0.15) is 11.1 Å². The fourth-order valence-electron chi connectivity index (χ4n) is 2.43. The van der Waals surface area contributed by atoms with Gasteiger partial charge in [0.25, 0.3) is 0 Å². The van der Waals surface area contributed by atoms with Gasteiger partial charge in [0, 0.05) is 33.2 Å². The van der Waals surface area contributed by atoms with Crippen molar-refractivity contribution in [3.05, 3.63) is 35.4 Å². The number of likely N-dealkylation sites (N-methyl/N-ethyl adjacent to an activating group) is 1. The minimum atomic E-state index is -4.39. The minimum absolute atomic E-state index is 0.0283. The maximum atomic E-state index is 12.5. The van der Waals surface area contributed by atoms with E-state index in [1.165, 1.54) is 24.1 Å². The van der Waals surface area contributed by atoms with Crippen molar-refractivity contribution in [3.63, 3.8) is 0 Å².